The molecule has 0 aromatic rings. The summed E-state index contributed by atoms with van der Waals surface area (Å²) >= 11 is 0. The topological polar surface area (TPSA) is 58.6 Å². The molecule has 1 rings (SSSR count). The SMILES string of the molecule is CC1(C)OCC(C(=O)[O-])CO1.[Na+]. The van der Waals surface area contributed by atoms with Crippen LogP contribution in [-0.4, -0.2) is 25.0 Å². The van der Waals surface area contributed by atoms with E-state index < -0.39 is 17.7 Å². The van der Waals surface area contributed by atoms with Gasteiger partial charge in [0.15, 0.2) is 5.79 Å². The number of carboxylic acid groups (broad SMARTS) is 1. The first-order valence-corrected chi connectivity index (χ1v) is 3.50. The minimum absolute atomic E-state index is 0. The molecule has 0 saturated carbocycles. The van der Waals surface area contributed by atoms with E-state index in [2.05, 4.69) is 0 Å². The van der Waals surface area contributed by atoms with Gasteiger partial charge < -0.3 is 19.4 Å². The zero-order valence-electron chi connectivity index (χ0n) is 7.62. The van der Waals surface area contributed by atoms with Crippen LogP contribution in [0.5, 0.6) is 0 Å². The molecule has 5 heteroatoms. The molecular formula is C7H11NaO4. The molecule has 0 aliphatic carbocycles. The third kappa shape index (κ3) is 3.41. The van der Waals surface area contributed by atoms with Gasteiger partial charge in [-0.1, -0.05) is 0 Å². The summed E-state index contributed by atoms with van der Waals surface area (Å²) in [4.78, 5) is 10.3. The van der Waals surface area contributed by atoms with E-state index in [1.807, 2.05) is 0 Å². The monoisotopic (exact) mass is 182 g/mol. The van der Waals surface area contributed by atoms with E-state index in [1.54, 1.807) is 13.8 Å². The first kappa shape index (κ1) is 12.4. The van der Waals surface area contributed by atoms with Gasteiger partial charge in [0.05, 0.1) is 13.2 Å². The molecule has 1 aliphatic rings. The van der Waals surface area contributed by atoms with Gasteiger partial charge in [-0.25, -0.2) is 0 Å². The minimum Gasteiger partial charge on any atom is -0.550 e. The van der Waals surface area contributed by atoms with Crippen molar-refractivity contribution in [2.75, 3.05) is 13.2 Å². The number of carbonyl (C=O) groups excluding carboxylic acids is 1. The number of ether oxygens (including phenoxy) is 2. The number of aliphatic carboxylic acids is 1. The Morgan fingerprint density at radius 3 is 2.17 bits per heavy atom. The van der Waals surface area contributed by atoms with Crippen LogP contribution in [0.4, 0.5) is 0 Å². The Hall–Kier alpha value is 0.390. The van der Waals surface area contributed by atoms with Gasteiger partial charge in [0.25, 0.3) is 0 Å². The van der Waals surface area contributed by atoms with E-state index in [-0.39, 0.29) is 42.8 Å². The van der Waals surface area contributed by atoms with Crippen LogP contribution in [-0.2, 0) is 14.3 Å². The molecule has 0 N–H and O–H groups in total. The summed E-state index contributed by atoms with van der Waals surface area (Å²) in [5, 5.41) is 10.3. The molecule has 0 unspecified atom stereocenters. The average molecular weight is 182 g/mol. The van der Waals surface area contributed by atoms with Crippen molar-refractivity contribution >= 4 is 5.97 Å². The Morgan fingerprint density at radius 1 is 1.42 bits per heavy atom. The quantitative estimate of drug-likeness (QED) is 0.389. The maximum Gasteiger partial charge on any atom is 1.00 e. The van der Waals surface area contributed by atoms with Crippen LogP contribution >= 0.6 is 0 Å². The minimum atomic E-state index is -1.11. The van der Waals surface area contributed by atoms with Crippen LogP contribution in [0, 0.1) is 5.92 Å². The molecule has 0 atom stereocenters. The molecule has 1 fully saturated rings. The Morgan fingerprint density at radius 2 is 1.83 bits per heavy atom. The summed E-state index contributed by atoms with van der Waals surface area (Å²) in [6, 6.07) is 0. The normalized spacial score (nSPS) is 22.8. The van der Waals surface area contributed by atoms with Crippen LogP contribution in [0.25, 0.3) is 0 Å². The predicted octanol–water partition coefficient (Wildman–Crippen LogP) is -3.86. The summed E-state index contributed by atoms with van der Waals surface area (Å²) < 4.78 is 10.2. The first-order chi connectivity index (χ1) is 5.01. The number of carboxylic acids is 1. The predicted molar refractivity (Wildman–Crippen MR) is 34.5 cm³/mol. The van der Waals surface area contributed by atoms with Crippen molar-refractivity contribution in [3.05, 3.63) is 0 Å². The van der Waals surface area contributed by atoms with Crippen LogP contribution in [0.15, 0.2) is 0 Å². The molecule has 1 aliphatic heterocycles. The molecule has 0 radical (unpaired) electrons. The van der Waals surface area contributed by atoms with E-state index in [0.29, 0.717) is 0 Å². The van der Waals surface area contributed by atoms with Crippen molar-refractivity contribution in [2.45, 2.75) is 19.6 Å². The van der Waals surface area contributed by atoms with Crippen molar-refractivity contribution in [3.8, 4) is 0 Å². The van der Waals surface area contributed by atoms with Crippen LogP contribution in [0.2, 0.25) is 0 Å². The van der Waals surface area contributed by atoms with Gasteiger partial charge in [0.1, 0.15) is 0 Å². The second kappa shape index (κ2) is 4.58. The van der Waals surface area contributed by atoms with Gasteiger partial charge >= 0.3 is 29.6 Å². The molecule has 1 heterocycles. The number of carbonyl (C=O) groups is 1. The fourth-order valence-corrected chi connectivity index (χ4v) is 0.828. The first-order valence-electron chi connectivity index (χ1n) is 3.50. The van der Waals surface area contributed by atoms with Crippen molar-refractivity contribution in [3.63, 3.8) is 0 Å². The molecular weight excluding hydrogens is 171 g/mol. The summed E-state index contributed by atoms with van der Waals surface area (Å²) in [6.45, 7) is 3.85. The smallest absolute Gasteiger partial charge is 0.550 e. The van der Waals surface area contributed by atoms with E-state index in [9.17, 15) is 9.90 Å². The average Bonchev–Trinajstić information content (AvgIpc) is 1.86. The molecule has 0 aromatic heterocycles. The maximum absolute atomic E-state index is 10.3. The summed E-state index contributed by atoms with van der Waals surface area (Å²) in [5.41, 5.74) is 0. The van der Waals surface area contributed by atoms with Gasteiger partial charge in [-0.3, -0.25) is 0 Å². The molecule has 12 heavy (non-hydrogen) atoms. The van der Waals surface area contributed by atoms with Gasteiger partial charge in [0, 0.05) is 11.9 Å². The number of hydrogen-bond acceptors (Lipinski definition) is 4. The fraction of sp³-hybridized carbons (Fsp3) is 0.857. The third-order valence-corrected chi connectivity index (χ3v) is 1.60. The molecule has 1 saturated heterocycles. The zero-order chi connectivity index (χ0) is 8.48. The number of rotatable bonds is 1. The maximum atomic E-state index is 10.3. The molecule has 4 nitrogen and oxygen atoms in total. The zero-order valence-corrected chi connectivity index (χ0v) is 9.62. The van der Waals surface area contributed by atoms with E-state index in [4.69, 9.17) is 9.47 Å². The Balaban J connectivity index is 0.00000121. The number of hydrogen-bond donors (Lipinski definition) is 0. The molecule has 0 amide bonds. The Kier molecular flexibility index (Phi) is 4.73. The third-order valence-electron chi connectivity index (χ3n) is 1.60. The van der Waals surface area contributed by atoms with Crippen LogP contribution < -0.4 is 34.7 Å². The second-order valence-corrected chi connectivity index (χ2v) is 3.04. The van der Waals surface area contributed by atoms with E-state index in [0.717, 1.165) is 0 Å². The van der Waals surface area contributed by atoms with Crippen molar-refractivity contribution in [2.24, 2.45) is 5.92 Å². The van der Waals surface area contributed by atoms with Crippen LogP contribution in [0.1, 0.15) is 13.8 Å². The molecule has 0 spiro atoms. The Labute approximate surface area is 93.5 Å². The Bertz CT molecular complexity index is 159. The van der Waals surface area contributed by atoms with Gasteiger partial charge in [-0.05, 0) is 13.8 Å². The largest absolute Gasteiger partial charge is 1.00 e. The summed E-state index contributed by atoms with van der Waals surface area (Å²) in [7, 11) is 0. The molecule has 64 valence electrons. The summed E-state index contributed by atoms with van der Waals surface area (Å²) in [6.07, 6.45) is 0. The second-order valence-electron chi connectivity index (χ2n) is 3.04. The van der Waals surface area contributed by atoms with Gasteiger partial charge in [0.2, 0.25) is 0 Å². The van der Waals surface area contributed by atoms with Crippen molar-refractivity contribution in [1.29, 1.82) is 0 Å². The van der Waals surface area contributed by atoms with Crippen molar-refractivity contribution < 1.29 is 48.9 Å². The van der Waals surface area contributed by atoms with Gasteiger partial charge in [-0.15, -0.1) is 0 Å². The fourth-order valence-electron chi connectivity index (χ4n) is 0.828. The molecule has 0 bridgehead atoms. The van der Waals surface area contributed by atoms with E-state index >= 15 is 0 Å². The molecule has 0 aromatic carbocycles. The van der Waals surface area contributed by atoms with Gasteiger partial charge in [-0.2, -0.15) is 0 Å². The van der Waals surface area contributed by atoms with Crippen molar-refractivity contribution in [1.82, 2.24) is 0 Å². The standard InChI is InChI=1S/C7H12O4.Na/c1-7(2)10-3-5(4-11-7)6(8)9;/h5H,3-4H2,1-2H3,(H,8,9);/q;+1/p-1. The van der Waals surface area contributed by atoms with E-state index in [1.165, 1.54) is 0 Å². The summed E-state index contributed by atoms with van der Waals surface area (Å²) in [5.74, 6) is -2.38. The van der Waals surface area contributed by atoms with Crippen LogP contribution in [0.3, 0.4) is 0 Å².